The number of ether oxygens (including phenoxy) is 2. The average molecular weight is 411 g/mol. The first-order valence-corrected chi connectivity index (χ1v) is 10.6. The van der Waals surface area contributed by atoms with Gasteiger partial charge >= 0.3 is 0 Å². The van der Waals surface area contributed by atoms with Gasteiger partial charge in [0.2, 0.25) is 21.8 Å². The molecule has 0 bridgehead atoms. The molecule has 0 spiro atoms. The zero-order valence-electron chi connectivity index (χ0n) is 16.1. The molecule has 10 heteroatoms. The van der Waals surface area contributed by atoms with Crippen LogP contribution in [0.25, 0.3) is 0 Å². The Morgan fingerprint density at radius 2 is 1.71 bits per heavy atom. The van der Waals surface area contributed by atoms with Crippen molar-refractivity contribution in [2.24, 2.45) is 0 Å². The number of benzene rings is 1. The summed E-state index contributed by atoms with van der Waals surface area (Å²) in [5.74, 6) is 0.655. The van der Waals surface area contributed by atoms with E-state index in [0.29, 0.717) is 37.6 Å². The molecule has 2 amide bonds. The van der Waals surface area contributed by atoms with E-state index in [2.05, 4.69) is 0 Å². The summed E-state index contributed by atoms with van der Waals surface area (Å²) in [6.07, 6.45) is 1.27. The van der Waals surface area contributed by atoms with Crippen molar-refractivity contribution in [3.05, 3.63) is 18.2 Å². The van der Waals surface area contributed by atoms with E-state index < -0.39 is 10.0 Å². The highest BCUT2D eigenvalue weighted by molar-refractivity contribution is 7.89. The number of hydrogen-bond acceptors (Lipinski definition) is 6. The van der Waals surface area contributed by atoms with Crippen molar-refractivity contribution >= 4 is 21.8 Å². The van der Waals surface area contributed by atoms with Gasteiger partial charge in [0.1, 0.15) is 0 Å². The number of rotatable bonds is 6. The van der Waals surface area contributed by atoms with Gasteiger partial charge in [-0.2, -0.15) is 4.31 Å². The molecule has 2 heterocycles. The molecule has 1 aromatic rings. The molecule has 0 aliphatic carbocycles. The Bertz CT molecular complexity index is 849. The highest BCUT2D eigenvalue weighted by Gasteiger charge is 2.32. The molecular weight excluding hydrogens is 386 g/mol. The lowest BCUT2D eigenvalue weighted by atomic mass is 10.3. The maximum absolute atomic E-state index is 12.9. The number of carbonyl (C=O) groups is 2. The minimum atomic E-state index is -3.70. The summed E-state index contributed by atoms with van der Waals surface area (Å²) in [4.78, 5) is 27.4. The van der Waals surface area contributed by atoms with Crippen LogP contribution in [-0.2, 0) is 19.6 Å². The standard InChI is InChI=1S/C18H25N3O6S/c1-26-15-6-5-14(12-16(15)27-2)28(24,25)21-10-8-19(9-11-21)18(23)13-20-7-3-4-17(20)22/h5-6,12H,3-4,7-11,13H2,1-2H3. The van der Waals surface area contributed by atoms with Crippen LogP contribution in [0.5, 0.6) is 11.5 Å². The fraction of sp³-hybridized carbons (Fsp3) is 0.556. The monoisotopic (exact) mass is 411 g/mol. The van der Waals surface area contributed by atoms with E-state index >= 15 is 0 Å². The van der Waals surface area contributed by atoms with Gasteiger partial charge in [-0.15, -0.1) is 0 Å². The smallest absolute Gasteiger partial charge is 0.243 e. The molecule has 3 rings (SSSR count). The first kappa shape index (κ1) is 20.4. The number of sulfonamides is 1. The zero-order valence-corrected chi connectivity index (χ0v) is 16.9. The Morgan fingerprint density at radius 1 is 1.04 bits per heavy atom. The zero-order chi connectivity index (χ0) is 20.3. The fourth-order valence-corrected chi connectivity index (χ4v) is 4.88. The van der Waals surface area contributed by atoms with Gasteiger partial charge in [0, 0.05) is 45.2 Å². The van der Waals surface area contributed by atoms with Gasteiger partial charge in [0.15, 0.2) is 11.5 Å². The fourth-order valence-electron chi connectivity index (χ4n) is 3.44. The summed E-state index contributed by atoms with van der Waals surface area (Å²) in [5, 5.41) is 0. The van der Waals surface area contributed by atoms with Crippen molar-refractivity contribution in [2.75, 3.05) is 53.5 Å². The second-order valence-corrected chi connectivity index (χ2v) is 8.66. The Hall–Kier alpha value is -2.33. The van der Waals surface area contributed by atoms with Crippen molar-refractivity contribution in [2.45, 2.75) is 17.7 Å². The van der Waals surface area contributed by atoms with E-state index in [1.807, 2.05) is 0 Å². The predicted octanol–water partition coefficient (Wildman–Crippen LogP) is 0.159. The van der Waals surface area contributed by atoms with Crippen LogP contribution in [0.15, 0.2) is 23.1 Å². The van der Waals surface area contributed by atoms with Gasteiger partial charge in [0.25, 0.3) is 0 Å². The van der Waals surface area contributed by atoms with Crippen LogP contribution in [0, 0.1) is 0 Å². The molecule has 2 aliphatic heterocycles. The molecule has 9 nitrogen and oxygen atoms in total. The number of carbonyl (C=O) groups excluding carboxylic acids is 2. The van der Waals surface area contributed by atoms with E-state index in [0.717, 1.165) is 6.42 Å². The van der Waals surface area contributed by atoms with Gasteiger partial charge in [-0.05, 0) is 18.6 Å². The predicted molar refractivity (Wildman–Crippen MR) is 101 cm³/mol. The summed E-state index contributed by atoms with van der Waals surface area (Å²) in [5.41, 5.74) is 0. The van der Waals surface area contributed by atoms with Crippen LogP contribution >= 0.6 is 0 Å². The Kier molecular flexibility index (Phi) is 6.09. The van der Waals surface area contributed by atoms with Crippen LogP contribution in [-0.4, -0.2) is 87.8 Å². The maximum atomic E-state index is 12.9. The van der Waals surface area contributed by atoms with E-state index in [1.165, 1.54) is 30.7 Å². The third kappa shape index (κ3) is 4.07. The van der Waals surface area contributed by atoms with E-state index in [1.54, 1.807) is 15.9 Å². The first-order valence-electron chi connectivity index (χ1n) is 9.14. The van der Waals surface area contributed by atoms with E-state index in [-0.39, 0.29) is 36.3 Å². The SMILES string of the molecule is COc1ccc(S(=O)(=O)N2CCN(C(=O)CN3CCCC3=O)CC2)cc1OC. The van der Waals surface area contributed by atoms with Gasteiger partial charge in [0.05, 0.1) is 25.7 Å². The van der Waals surface area contributed by atoms with Crippen LogP contribution < -0.4 is 9.47 Å². The molecule has 28 heavy (non-hydrogen) atoms. The first-order chi connectivity index (χ1) is 13.4. The number of piperazine rings is 1. The van der Waals surface area contributed by atoms with Crippen molar-refractivity contribution in [1.82, 2.24) is 14.1 Å². The molecule has 0 N–H and O–H groups in total. The molecule has 0 radical (unpaired) electrons. The van der Waals surface area contributed by atoms with Crippen LogP contribution in [0.4, 0.5) is 0 Å². The molecule has 0 aromatic heterocycles. The summed E-state index contributed by atoms with van der Waals surface area (Å²) < 4.78 is 37.5. The van der Waals surface area contributed by atoms with Crippen molar-refractivity contribution in [3.63, 3.8) is 0 Å². The minimum Gasteiger partial charge on any atom is -0.493 e. The second kappa shape index (κ2) is 8.36. The summed E-state index contributed by atoms with van der Waals surface area (Å²) in [7, 11) is -0.772. The van der Waals surface area contributed by atoms with Gasteiger partial charge in [-0.25, -0.2) is 8.42 Å². The number of hydrogen-bond donors (Lipinski definition) is 0. The van der Waals surface area contributed by atoms with Gasteiger partial charge in [-0.1, -0.05) is 0 Å². The molecule has 2 fully saturated rings. The number of methoxy groups -OCH3 is 2. The van der Waals surface area contributed by atoms with E-state index in [4.69, 9.17) is 9.47 Å². The molecule has 0 unspecified atom stereocenters. The average Bonchev–Trinajstić information content (AvgIpc) is 3.11. The normalized spacial score (nSPS) is 18.4. The van der Waals surface area contributed by atoms with Crippen molar-refractivity contribution < 1.29 is 27.5 Å². The molecular formula is C18H25N3O6S. The Labute approximate surface area is 164 Å². The van der Waals surface area contributed by atoms with Gasteiger partial charge < -0.3 is 19.3 Å². The van der Waals surface area contributed by atoms with Gasteiger partial charge in [-0.3, -0.25) is 9.59 Å². The molecule has 0 atom stereocenters. The number of amides is 2. The molecule has 0 saturated carbocycles. The van der Waals surface area contributed by atoms with E-state index in [9.17, 15) is 18.0 Å². The molecule has 1 aromatic carbocycles. The van der Waals surface area contributed by atoms with Crippen LogP contribution in [0.2, 0.25) is 0 Å². The summed E-state index contributed by atoms with van der Waals surface area (Å²) in [6.45, 7) is 1.69. The molecule has 2 saturated heterocycles. The Morgan fingerprint density at radius 3 is 2.29 bits per heavy atom. The molecule has 154 valence electrons. The molecule has 2 aliphatic rings. The third-order valence-electron chi connectivity index (χ3n) is 5.08. The van der Waals surface area contributed by atoms with Crippen molar-refractivity contribution in [1.29, 1.82) is 0 Å². The number of nitrogens with zero attached hydrogens (tertiary/aromatic N) is 3. The quantitative estimate of drug-likeness (QED) is 0.662. The number of likely N-dealkylation sites (tertiary alicyclic amines) is 1. The lowest BCUT2D eigenvalue weighted by Gasteiger charge is -2.34. The third-order valence-corrected chi connectivity index (χ3v) is 6.98. The van der Waals surface area contributed by atoms with Crippen LogP contribution in [0.3, 0.4) is 0 Å². The van der Waals surface area contributed by atoms with Crippen molar-refractivity contribution in [3.8, 4) is 11.5 Å². The lowest BCUT2D eigenvalue weighted by Crippen LogP contribution is -2.52. The second-order valence-electron chi connectivity index (χ2n) is 6.72. The maximum Gasteiger partial charge on any atom is 0.243 e. The summed E-state index contributed by atoms with van der Waals surface area (Å²) in [6, 6.07) is 4.47. The minimum absolute atomic E-state index is 0.00279. The largest absolute Gasteiger partial charge is 0.493 e. The highest BCUT2D eigenvalue weighted by Crippen LogP contribution is 2.30. The lowest BCUT2D eigenvalue weighted by molar-refractivity contribution is -0.139. The highest BCUT2D eigenvalue weighted by atomic mass is 32.2. The topological polar surface area (TPSA) is 96.5 Å². The summed E-state index contributed by atoms with van der Waals surface area (Å²) >= 11 is 0. The van der Waals surface area contributed by atoms with Crippen LogP contribution in [0.1, 0.15) is 12.8 Å². The Balaban J connectivity index is 1.63.